The van der Waals surface area contributed by atoms with Crippen LogP contribution < -0.4 is 10.2 Å². The maximum atomic E-state index is 6.09. The molecule has 1 heterocycles. The van der Waals surface area contributed by atoms with E-state index in [9.17, 15) is 0 Å². The van der Waals surface area contributed by atoms with Gasteiger partial charge in [-0.05, 0) is 81.5 Å². The summed E-state index contributed by atoms with van der Waals surface area (Å²) in [4.78, 5) is 9.23. The van der Waals surface area contributed by atoms with Gasteiger partial charge in [-0.2, -0.15) is 0 Å². The Kier molecular flexibility index (Phi) is 8.18. The number of fused-ring (bicyclic) bond motifs is 1. The van der Waals surface area contributed by atoms with Crippen molar-refractivity contribution in [2.24, 2.45) is 0 Å². The third-order valence-electron chi connectivity index (χ3n) is 5.79. The van der Waals surface area contributed by atoms with E-state index in [-0.39, 0.29) is 0 Å². The van der Waals surface area contributed by atoms with E-state index >= 15 is 0 Å². The van der Waals surface area contributed by atoms with Crippen LogP contribution in [0.25, 0.3) is 10.9 Å². The molecule has 4 rings (SSSR count). The highest BCUT2D eigenvalue weighted by Gasteiger charge is 2.09. The maximum Gasteiger partial charge on any atom is 0.0737 e. The number of halogens is 1. The van der Waals surface area contributed by atoms with Gasteiger partial charge >= 0.3 is 0 Å². The number of hydrogen-bond acceptors (Lipinski definition) is 4. The molecule has 33 heavy (non-hydrogen) atoms. The van der Waals surface area contributed by atoms with Crippen LogP contribution in [0.5, 0.6) is 0 Å². The predicted octanol–water partition coefficient (Wildman–Crippen LogP) is 6.85. The molecule has 0 fully saturated rings. The van der Waals surface area contributed by atoms with Crippen molar-refractivity contribution in [2.45, 2.75) is 12.8 Å². The summed E-state index contributed by atoms with van der Waals surface area (Å²) in [6.45, 7) is 4.03. The standard InChI is InChI=1S/C28H31ClN4/c1-32(19-8-17-30-27-16-18-31-28-22-23(29)14-15-26(27)28)20-9-21-33(24-10-4-2-5-11-24)25-12-6-3-7-13-25/h2-7,10-16,18,22H,8-9,17,19-21H2,1H3,(H,30,31). The summed E-state index contributed by atoms with van der Waals surface area (Å²) < 4.78 is 0. The number of aromatic nitrogens is 1. The van der Waals surface area contributed by atoms with Gasteiger partial charge in [-0.15, -0.1) is 0 Å². The van der Waals surface area contributed by atoms with Crippen molar-refractivity contribution in [3.63, 3.8) is 0 Å². The van der Waals surface area contributed by atoms with Crippen molar-refractivity contribution in [3.8, 4) is 0 Å². The topological polar surface area (TPSA) is 31.4 Å². The average molecular weight is 459 g/mol. The molecule has 4 aromatic rings. The second-order valence-electron chi connectivity index (χ2n) is 8.28. The second-order valence-corrected chi connectivity index (χ2v) is 8.72. The molecule has 3 aromatic carbocycles. The molecule has 0 aliphatic rings. The second kappa shape index (κ2) is 11.7. The number of nitrogens with one attached hydrogen (secondary N) is 1. The summed E-state index contributed by atoms with van der Waals surface area (Å²) in [5.74, 6) is 0. The molecule has 170 valence electrons. The molecule has 0 amide bonds. The van der Waals surface area contributed by atoms with Crippen LogP contribution in [0.1, 0.15) is 12.8 Å². The van der Waals surface area contributed by atoms with Gasteiger partial charge in [0.25, 0.3) is 0 Å². The van der Waals surface area contributed by atoms with E-state index in [1.165, 1.54) is 11.4 Å². The summed E-state index contributed by atoms with van der Waals surface area (Å²) in [6.07, 6.45) is 4.01. The van der Waals surface area contributed by atoms with Gasteiger partial charge in [0.15, 0.2) is 0 Å². The predicted molar refractivity (Wildman–Crippen MR) is 142 cm³/mol. The maximum absolute atomic E-state index is 6.09. The van der Waals surface area contributed by atoms with E-state index in [2.05, 4.69) is 87.8 Å². The Morgan fingerprint density at radius 2 is 1.45 bits per heavy atom. The normalized spacial score (nSPS) is 11.1. The van der Waals surface area contributed by atoms with Crippen molar-refractivity contribution in [1.29, 1.82) is 0 Å². The summed E-state index contributed by atoms with van der Waals surface area (Å²) in [6, 6.07) is 29.1. The molecule has 0 spiro atoms. The highest BCUT2D eigenvalue weighted by Crippen LogP contribution is 2.25. The summed E-state index contributed by atoms with van der Waals surface area (Å²) >= 11 is 6.09. The lowest BCUT2D eigenvalue weighted by Gasteiger charge is -2.26. The molecule has 1 aromatic heterocycles. The average Bonchev–Trinajstić information content (AvgIpc) is 2.85. The number of rotatable bonds is 11. The molecule has 0 saturated carbocycles. The number of hydrogen-bond donors (Lipinski definition) is 1. The van der Waals surface area contributed by atoms with Crippen LogP contribution in [0.15, 0.2) is 91.1 Å². The van der Waals surface area contributed by atoms with Crippen molar-refractivity contribution in [3.05, 3.63) is 96.1 Å². The first-order valence-electron chi connectivity index (χ1n) is 11.5. The van der Waals surface area contributed by atoms with Gasteiger partial charge in [-0.25, -0.2) is 0 Å². The van der Waals surface area contributed by atoms with Gasteiger partial charge in [0, 0.05) is 46.8 Å². The van der Waals surface area contributed by atoms with Crippen LogP contribution in [-0.2, 0) is 0 Å². The fourth-order valence-corrected chi connectivity index (χ4v) is 4.25. The molecule has 4 nitrogen and oxygen atoms in total. The Morgan fingerprint density at radius 3 is 2.15 bits per heavy atom. The first kappa shape index (κ1) is 23.1. The first-order valence-corrected chi connectivity index (χ1v) is 11.9. The van der Waals surface area contributed by atoms with E-state index in [4.69, 9.17) is 11.6 Å². The highest BCUT2D eigenvalue weighted by atomic mass is 35.5. The van der Waals surface area contributed by atoms with Crippen LogP contribution in [0.2, 0.25) is 5.02 Å². The van der Waals surface area contributed by atoms with Gasteiger partial charge in [-0.3, -0.25) is 4.98 Å². The largest absolute Gasteiger partial charge is 0.384 e. The van der Waals surface area contributed by atoms with E-state index in [1.807, 2.05) is 30.5 Å². The molecule has 0 atom stereocenters. The third kappa shape index (κ3) is 6.47. The molecular weight excluding hydrogens is 428 g/mol. The van der Waals surface area contributed by atoms with E-state index < -0.39 is 0 Å². The SMILES string of the molecule is CN(CCCNc1ccnc2cc(Cl)ccc12)CCCN(c1ccccc1)c1ccccc1. The van der Waals surface area contributed by atoms with Gasteiger partial charge in [0.1, 0.15) is 0 Å². The van der Waals surface area contributed by atoms with Crippen LogP contribution in [0.4, 0.5) is 17.1 Å². The van der Waals surface area contributed by atoms with Gasteiger partial charge in [0.05, 0.1) is 5.52 Å². The summed E-state index contributed by atoms with van der Waals surface area (Å²) in [5.41, 5.74) is 4.51. The Balaban J connectivity index is 1.24. The van der Waals surface area contributed by atoms with Crippen LogP contribution >= 0.6 is 11.6 Å². The van der Waals surface area contributed by atoms with Crippen LogP contribution in [0, 0.1) is 0 Å². The minimum atomic E-state index is 0.715. The molecule has 0 saturated heterocycles. The summed E-state index contributed by atoms with van der Waals surface area (Å²) in [5, 5.41) is 5.39. The lowest BCUT2D eigenvalue weighted by Crippen LogP contribution is -2.27. The Morgan fingerprint density at radius 1 is 0.788 bits per heavy atom. The smallest absolute Gasteiger partial charge is 0.0737 e. The van der Waals surface area contributed by atoms with E-state index in [0.29, 0.717) is 5.02 Å². The fourth-order valence-electron chi connectivity index (χ4n) is 4.08. The van der Waals surface area contributed by atoms with Crippen molar-refractivity contribution in [2.75, 3.05) is 43.4 Å². The number of para-hydroxylation sites is 2. The van der Waals surface area contributed by atoms with Crippen molar-refractivity contribution >= 4 is 39.6 Å². The fraction of sp³-hybridized carbons (Fsp3) is 0.250. The van der Waals surface area contributed by atoms with E-state index in [0.717, 1.165) is 55.6 Å². The molecule has 0 aliphatic carbocycles. The molecule has 0 unspecified atom stereocenters. The molecule has 0 radical (unpaired) electrons. The molecule has 0 aliphatic heterocycles. The van der Waals surface area contributed by atoms with Crippen molar-refractivity contribution < 1.29 is 0 Å². The number of pyridine rings is 1. The number of anilines is 3. The Bertz CT molecular complexity index is 1090. The molecular formula is C28H31ClN4. The minimum Gasteiger partial charge on any atom is -0.384 e. The number of nitrogens with zero attached hydrogens (tertiary/aromatic N) is 3. The minimum absolute atomic E-state index is 0.715. The van der Waals surface area contributed by atoms with Gasteiger partial charge < -0.3 is 15.1 Å². The quantitative estimate of drug-likeness (QED) is 0.249. The molecule has 1 N–H and O–H groups in total. The summed E-state index contributed by atoms with van der Waals surface area (Å²) in [7, 11) is 2.21. The monoisotopic (exact) mass is 458 g/mol. The lowest BCUT2D eigenvalue weighted by atomic mass is 10.2. The Labute approximate surface area is 201 Å². The van der Waals surface area contributed by atoms with Gasteiger partial charge in [-0.1, -0.05) is 48.0 Å². The van der Waals surface area contributed by atoms with Crippen molar-refractivity contribution in [1.82, 2.24) is 9.88 Å². The lowest BCUT2D eigenvalue weighted by molar-refractivity contribution is 0.330. The molecule has 5 heteroatoms. The first-order chi connectivity index (χ1) is 16.2. The van der Waals surface area contributed by atoms with Crippen LogP contribution in [0.3, 0.4) is 0 Å². The van der Waals surface area contributed by atoms with Gasteiger partial charge in [0.2, 0.25) is 0 Å². The zero-order chi connectivity index (χ0) is 22.9. The zero-order valence-electron chi connectivity index (χ0n) is 19.1. The van der Waals surface area contributed by atoms with Crippen LogP contribution in [-0.4, -0.2) is 43.1 Å². The van der Waals surface area contributed by atoms with E-state index in [1.54, 1.807) is 0 Å². The number of benzene rings is 3. The third-order valence-corrected chi connectivity index (χ3v) is 6.03. The highest BCUT2D eigenvalue weighted by molar-refractivity contribution is 6.31. The molecule has 0 bridgehead atoms. The zero-order valence-corrected chi connectivity index (χ0v) is 19.9. The Hall–Kier alpha value is -3.08.